The third-order valence-electron chi connectivity index (χ3n) is 1.91. The monoisotopic (exact) mass is 226 g/mol. The van der Waals surface area contributed by atoms with Gasteiger partial charge in [-0.2, -0.15) is 0 Å². The van der Waals surface area contributed by atoms with Gasteiger partial charge in [0.2, 0.25) is 0 Å². The minimum absolute atomic E-state index is 0.746. The highest BCUT2D eigenvalue weighted by molar-refractivity contribution is 7.99. The fourth-order valence-electron chi connectivity index (χ4n) is 1.07. The Morgan fingerprint density at radius 2 is 2.33 bits per heavy atom. The molecule has 1 aromatic rings. The number of unbranched alkanes of at least 4 members (excludes halogenated alkanes) is 1. The van der Waals surface area contributed by atoms with Crippen LogP contribution in [-0.2, 0) is 4.74 Å². The number of thioether (sulfide) groups is 1. The zero-order chi connectivity index (χ0) is 10.9. The number of hydrogen-bond acceptors (Lipinski definition) is 4. The molecular formula is C11H18N2OS. The summed E-state index contributed by atoms with van der Waals surface area (Å²) in [4.78, 5) is 4.19. The first kappa shape index (κ1) is 12.3. The molecule has 3 nitrogen and oxygen atoms in total. The summed E-state index contributed by atoms with van der Waals surface area (Å²) in [5.41, 5.74) is 6.51. The quantitative estimate of drug-likeness (QED) is 0.573. The van der Waals surface area contributed by atoms with E-state index in [0.29, 0.717) is 0 Å². The lowest BCUT2D eigenvalue weighted by Crippen LogP contribution is -2.00. The van der Waals surface area contributed by atoms with Gasteiger partial charge in [-0.15, -0.1) is 11.8 Å². The highest BCUT2D eigenvalue weighted by Gasteiger charge is 1.99. The lowest BCUT2D eigenvalue weighted by atomic mass is 10.4. The van der Waals surface area contributed by atoms with Gasteiger partial charge < -0.3 is 10.5 Å². The number of nitrogens with zero attached hydrogens (tertiary/aromatic N) is 1. The first-order chi connectivity index (χ1) is 7.34. The molecular weight excluding hydrogens is 208 g/mol. The van der Waals surface area contributed by atoms with Crippen molar-refractivity contribution >= 4 is 17.4 Å². The summed E-state index contributed by atoms with van der Waals surface area (Å²) in [7, 11) is 0. The summed E-state index contributed by atoms with van der Waals surface area (Å²) >= 11 is 1.64. The minimum Gasteiger partial charge on any atom is -0.397 e. The largest absolute Gasteiger partial charge is 0.397 e. The minimum atomic E-state index is 0.746. The predicted molar refractivity (Wildman–Crippen MR) is 65.1 cm³/mol. The van der Waals surface area contributed by atoms with E-state index in [2.05, 4.69) is 11.9 Å². The number of pyridine rings is 1. The van der Waals surface area contributed by atoms with E-state index in [1.165, 1.54) is 6.42 Å². The molecule has 0 aliphatic rings. The molecule has 0 fully saturated rings. The highest BCUT2D eigenvalue weighted by atomic mass is 32.2. The zero-order valence-electron chi connectivity index (χ0n) is 9.11. The van der Waals surface area contributed by atoms with Gasteiger partial charge >= 0.3 is 0 Å². The van der Waals surface area contributed by atoms with E-state index in [0.717, 1.165) is 36.1 Å². The van der Waals surface area contributed by atoms with E-state index in [1.807, 2.05) is 12.1 Å². The Morgan fingerprint density at radius 3 is 3.07 bits per heavy atom. The highest BCUT2D eigenvalue weighted by Crippen LogP contribution is 2.20. The third-order valence-corrected chi connectivity index (χ3v) is 2.89. The normalized spacial score (nSPS) is 10.5. The molecule has 0 bridgehead atoms. The average Bonchev–Trinajstić information content (AvgIpc) is 2.25. The summed E-state index contributed by atoms with van der Waals surface area (Å²) in [5, 5.41) is 0.900. The molecule has 0 saturated carbocycles. The first-order valence-electron chi connectivity index (χ1n) is 5.25. The van der Waals surface area contributed by atoms with Crippen molar-refractivity contribution in [1.29, 1.82) is 0 Å². The Labute approximate surface area is 95.4 Å². The fraction of sp³-hybridized carbons (Fsp3) is 0.545. The molecule has 0 saturated heterocycles. The molecule has 0 radical (unpaired) electrons. The summed E-state index contributed by atoms with van der Waals surface area (Å²) in [6.07, 6.45) is 4.08. The molecule has 1 heterocycles. The third kappa shape index (κ3) is 5.04. The molecule has 0 aliphatic heterocycles. The van der Waals surface area contributed by atoms with Crippen molar-refractivity contribution in [1.82, 2.24) is 4.98 Å². The van der Waals surface area contributed by atoms with Crippen LogP contribution < -0.4 is 5.73 Å². The molecule has 0 aliphatic carbocycles. The number of nitrogen functional groups attached to an aromatic ring is 1. The van der Waals surface area contributed by atoms with Crippen molar-refractivity contribution in [2.24, 2.45) is 0 Å². The van der Waals surface area contributed by atoms with Crippen molar-refractivity contribution in [3.63, 3.8) is 0 Å². The molecule has 0 amide bonds. The van der Waals surface area contributed by atoms with E-state index >= 15 is 0 Å². The van der Waals surface area contributed by atoms with Crippen LogP contribution in [-0.4, -0.2) is 24.0 Å². The van der Waals surface area contributed by atoms with E-state index in [9.17, 15) is 0 Å². The van der Waals surface area contributed by atoms with Gasteiger partial charge in [0.05, 0.1) is 12.3 Å². The standard InChI is InChI=1S/C11H18N2OS/c1-2-3-7-14-8-9-15-11-10(12)5-4-6-13-11/h4-6H,2-3,7-9,12H2,1H3. The molecule has 0 atom stereocenters. The molecule has 4 heteroatoms. The lowest BCUT2D eigenvalue weighted by molar-refractivity contribution is 0.147. The van der Waals surface area contributed by atoms with Crippen molar-refractivity contribution in [2.45, 2.75) is 24.8 Å². The molecule has 0 spiro atoms. The summed E-state index contributed by atoms with van der Waals surface area (Å²) in [6, 6.07) is 3.71. The number of anilines is 1. The molecule has 15 heavy (non-hydrogen) atoms. The predicted octanol–water partition coefficient (Wildman–Crippen LogP) is 2.57. The Hall–Kier alpha value is -0.740. The van der Waals surface area contributed by atoms with Gasteiger partial charge in [0.15, 0.2) is 0 Å². The van der Waals surface area contributed by atoms with Crippen molar-refractivity contribution in [2.75, 3.05) is 24.7 Å². The molecule has 0 aromatic carbocycles. The van der Waals surface area contributed by atoms with E-state index < -0.39 is 0 Å². The summed E-state index contributed by atoms with van der Waals surface area (Å²) in [6.45, 7) is 3.78. The Bertz CT molecular complexity index is 281. The zero-order valence-corrected chi connectivity index (χ0v) is 9.93. The Kier molecular flexibility index (Phi) is 6.20. The van der Waals surface area contributed by atoms with Crippen LogP contribution >= 0.6 is 11.8 Å². The second-order valence-corrected chi connectivity index (χ2v) is 4.30. The lowest BCUT2D eigenvalue weighted by Gasteiger charge is -2.04. The van der Waals surface area contributed by atoms with Crippen LogP contribution in [0.1, 0.15) is 19.8 Å². The maximum Gasteiger partial charge on any atom is 0.119 e. The van der Waals surface area contributed by atoms with Gasteiger partial charge in [-0.1, -0.05) is 13.3 Å². The molecule has 2 N–H and O–H groups in total. The van der Waals surface area contributed by atoms with E-state index in [-0.39, 0.29) is 0 Å². The Balaban J connectivity index is 2.12. The van der Waals surface area contributed by atoms with Crippen LogP contribution in [0.5, 0.6) is 0 Å². The fourth-order valence-corrected chi connectivity index (χ4v) is 1.83. The maximum atomic E-state index is 5.76. The van der Waals surface area contributed by atoms with Crippen molar-refractivity contribution in [3.8, 4) is 0 Å². The van der Waals surface area contributed by atoms with Gasteiger partial charge in [-0.25, -0.2) is 4.98 Å². The number of nitrogens with two attached hydrogens (primary N) is 1. The SMILES string of the molecule is CCCCOCCSc1ncccc1N. The summed E-state index contributed by atoms with van der Waals surface area (Å²) in [5.74, 6) is 0.908. The summed E-state index contributed by atoms with van der Waals surface area (Å²) < 4.78 is 5.45. The van der Waals surface area contributed by atoms with Crippen LogP contribution in [0.25, 0.3) is 0 Å². The van der Waals surface area contributed by atoms with Crippen LogP contribution in [0.4, 0.5) is 5.69 Å². The number of ether oxygens (including phenoxy) is 1. The van der Waals surface area contributed by atoms with Crippen molar-refractivity contribution < 1.29 is 4.74 Å². The topological polar surface area (TPSA) is 48.1 Å². The van der Waals surface area contributed by atoms with E-state index in [1.54, 1.807) is 18.0 Å². The Morgan fingerprint density at radius 1 is 1.47 bits per heavy atom. The second kappa shape index (κ2) is 7.54. The van der Waals surface area contributed by atoms with Gasteiger partial charge in [-0.3, -0.25) is 0 Å². The number of hydrogen-bond donors (Lipinski definition) is 1. The van der Waals surface area contributed by atoms with Gasteiger partial charge in [-0.05, 0) is 18.6 Å². The smallest absolute Gasteiger partial charge is 0.119 e. The molecule has 0 unspecified atom stereocenters. The van der Waals surface area contributed by atoms with Crippen LogP contribution in [0.15, 0.2) is 23.4 Å². The van der Waals surface area contributed by atoms with Gasteiger partial charge in [0, 0.05) is 18.6 Å². The average molecular weight is 226 g/mol. The molecule has 84 valence electrons. The van der Waals surface area contributed by atoms with Crippen LogP contribution in [0.3, 0.4) is 0 Å². The number of rotatable bonds is 7. The maximum absolute atomic E-state index is 5.76. The first-order valence-corrected chi connectivity index (χ1v) is 6.24. The van der Waals surface area contributed by atoms with Crippen molar-refractivity contribution in [3.05, 3.63) is 18.3 Å². The molecule has 1 rings (SSSR count). The van der Waals surface area contributed by atoms with Crippen LogP contribution in [0.2, 0.25) is 0 Å². The second-order valence-electron chi connectivity index (χ2n) is 3.21. The van der Waals surface area contributed by atoms with E-state index in [4.69, 9.17) is 10.5 Å². The molecule has 1 aromatic heterocycles. The van der Waals surface area contributed by atoms with Crippen LogP contribution in [0, 0.1) is 0 Å². The number of aromatic nitrogens is 1. The van der Waals surface area contributed by atoms with Gasteiger partial charge in [0.1, 0.15) is 5.03 Å². The van der Waals surface area contributed by atoms with Gasteiger partial charge in [0.25, 0.3) is 0 Å².